The van der Waals surface area contributed by atoms with E-state index in [1.807, 2.05) is 60.9 Å². The normalized spacial score (nSPS) is 10.6. The summed E-state index contributed by atoms with van der Waals surface area (Å²) < 4.78 is 7.60. The van der Waals surface area contributed by atoms with Crippen LogP contribution in [0.2, 0.25) is 0 Å². The van der Waals surface area contributed by atoms with Crippen LogP contribution in [-0.4, -0.2) is 26.6 Å². The average Bonchev–Trinajstić information content (AvgIpc) is 3.42. The highest BCUT2D eigenvalue weighted by Crippen LogP contribution is 2.34. The van der Waals surface area contributed by atoms with Gasteiger partial charge in [-0.1, -0.05) is 42.5 Å². The predicted molar refractivity (Wildman–Crippen MR) is 128 cm³/mol. The number of thiazole rings is 1. The zero-order valence-corrected chi connectivity index (χ0v) is 19.4. The van der Waals surface area contributed by atoms with Crippen LogP contribution in [0.25, 0.3) is 11.1 Å². The van der Waals surface area contributed by atoms with Crippen molar-refractivity contribution < 1.29 is 19.4 Å². The van der Waals surface area contributed by atoms with Gasteiger partial charge in [-0.25, -0.2) is 14.6 Å². The smallest absolute Gasteiger partial charge is 0.355 e. The molecule has 0 amide bonds. The van der Waals surface area contributed by atoms with Gasteiger partial charge in [0.05, 0.1) is 23.7 Å². The molecule has 170 valence electrons. The number of hydrogen-bond acceptors (Lipinski definition) is 6. The maximum Gasteiger partial charge on any atom is 0.355 e. The molecule has 2 heterocycles. The van der Waals surface area contributed by atoms with Crippen LogP contribution < -0.4 is 0 Å². The van der Waals surface area contributed by atoms with Gasteiger partial charge in [-0.2, -0.15) is 5.26 Å². The van der Waals surface area contributed by atoms with Crippen molar-refractivity contribution in [1.82, 2.24) is 9.55 Å². The lowest BCUT2D eigenvalue weighted by Crippen LogP contribution is -2.09. The Morgan fingerprint density at radius 3 is 2.41 bits per heavy atom. The number of hydrogen-bond donors (Lipinski definition) is 1. The second-order valence-corrected chi connectivity index (χ2v) is 8.63. The van der Waals surface area contributed by atoms with E-state index in [1.165, 1.54) is 16.7 Å². The van der Waals surface area contributed by atoms with Crippen LogP contribution in [0, 0.1) is 25.2 Å². The number of carboxylic acids is 1. The van der Waals surface area contributed by atoms with E-state index in [0.717, 1.165) is 22.4 Å². The molecular formula is C26H21N3O4S. The highest BCUT2D eigenvalue weighted by atomic mass is 32.1. The summed E-state index contributed by atoms with van der Waals surface area (Å²) in [5.41, 5.74) is 4.86. The van der Waals surface area contributed by atoms with Gasteiger partial charge in [0.2, 0.25) is 0 Å². The molecule has 7 nitrogen and oxygen atoms in total. The maximum atomic E-state index is 13.3. The SMILES string of the molecule is Cc1c(C(=O)OCc2ccccc2)c(-c2ccc(C#N)cc2)c(C)n1Cc1nc(C(=O)O)cs1. The van der Waals surface area contributed by atoms with Crippen LogP contribution >= 0.6 is 11.3 Å². The molecule has 1 N–H and O–H groups in total. The quantitative estimate of drug-likeness (QED) is 0.371. The summed E-state index contributed by atoms with van der Waals surface area (Å²) in [6, 6.07) is 18.6. The third-order valence-electron chi connectivity index (χ3n) is 5.57. The summed E-state index contributed by atoms with van der Waals surface area (Å²) in [5.74, 6) is -1.53. The van der Waals surface area contributed by atoms with Crippen molar-refractivity contribution in [3.63, 3.8) is 0 Å². The molecule has 8 heteroatoms. The minimum Gasteiger partial charge on any atom is -0.476 e. The lowest BCUT2D eigenvalue weighted by atomic mass is 9.99. The lowest BCUT2D eigenvalue weighted by Gasteiger charge is -2.08. The number of rotatable bonds is 7. The molecule has 0 aliphatic carbocycles. The standard InChI is InChI=1S/C26H21N3O4S/c1-16-23(20-10-8-18(12-27)9-11-20)24(26(32)33-14-19-6-4-3-5-7-19)17(2)29(16)13-22-28-21(15-34-22)25(30)31/h3-11,15H,13-14H2,1-2H3,(H,30,31). The molecular weight excluding hydrogens is 450 g/mol. The average molecular weight is 472 g/mol. The Morgan fingerprint density at radius 1 is 1.09 bits per heavy atom. The van der Waals surface area contributed by atoms with Gasteiger partial charge in [0, 0.05) is 22.3 Å². The molecule has 0 fully saturated rings. The van der Waals surface area contributed by atoms with Gasteiger partial charge in [-0.15, -0.1) is 11.3 Å². The number of aromatic carboxylic acids is 1. The Morgan fingerprint density at radius 2 is 1.79 bits per heavy atom. The first-order valence-electron chi connectivity index (χ1n) is 10.5. The molecule has 0 saturated carbocycles. The van der Waals surface area contributed by atoms with Gasteiger partial charge in [-0.3, -0.25) is 0 Å². The number of benzene rings is 2. The van der Waals surface area contributed by atoms with E-state index in [0.29, 0.717) is 28.4 Å². The predicted octanol–water partition coefficient (Wildman–Crippen LogP) is 5.20. The fourth-order valence-corrected chi connectivity index (χ4v) is 4.60. The minimum absolute atomic E-state index is 0.00253. The van der Waals surface area contributed by atoms with E-state index in [-0.39, 0.29) is 12.3 Å². The molecule has 0 saturated heterocycles. The maximum absolute atomic E-state index is 13.3. The minimum atomic E-state index is -1.08. The summed E-state index contributed by atoms with van der Waals surface area (Å²) in [4.78, 5) is 28.7. The number of nitrogens with zero attached hydrogens (tertiary/aromatic N) is 3. The first-order valence-corrected chi connectivity index (χ1v) is 11.4. The van der Waals surface area contributed by atoms with Gasteiger partial charge in [-0.05, 0) is 37.1 Å². The van der Waals surface area contributed by atoms with E-state index >= 15 is 0 Å². The fourth-order valence-electron chi connectivity index (χ4n) is 3.85. The van der Waals surface area contributed by atoms with Gasteiger partial charge < -0.3 is 14.4 Å². The van der Waals surface area contributed by atoms with E-state index in [4.69, 9.17) is 10.00 Å². The Hall–Kier alpha value is -4.22. The molecule has 0 radical (unpaired) electrons. The molecule has 2 aromatic heterocycles. The molecule has 0 atom stereocenters. The molecule has 4 aromatic rings. The molecule has 2 aromatic carbocycles. The number of carbonyl (C=O) groups is 2. The van der Waals surface area contributed by atoms with E-state index in [9.17, 15) is 14.7 Å². The topological polar surface area (TPSA) is 105 Å². The third-order valence-corrected chi connectivity index (χ3v) is 6.40. The Bertz CT molecular complexity index is 1400. The number of esters is 1. The summed E-state index contributed by atoms with van der Waals surface area (Å²) in [5, 5.41) is 20.5. The number of ether oxygens (including phenoxy) is 1. The van der Waals surface area contributed by atoms with Crippen molar-refractivity contribution in [3.05, 3.63) is 98.8 Å². The molecule has 0 unspecified atom stereocenters. The monoisotopic (exact) mass is 471 g/mol. The van der Waals surface area contributed by atoms with Crippen LogP contribution in [0.1, 0.15) is 48.4 Å². The zero-order valence-electron chi connectivity index (χ0n) is 18.6. The number of carboxylic acid groups (broad SMARTS) is 1. The van der Waals surface area contributed by atoms with E-state index < -0.39 is 11.9 Å². The van der Waals surface area contributed by atoms with Crippen molar-refractivity contribution in [1.29, 1.82) is 5.26 Å². The second-order valence-electron chi connectivity index (χ2n) is 7.69. The summed E-state index contributed by atoms with van der Waals surface area (Å²) in [6.07, 6.45) is 0. The fraction of sp³-hybridized carbons (Fsp3) is 0.154. The molecule has 0 aliphatic heterocycles. The number of carbonyl (C=O) groups excluding carboxylic acids is 1. The molecule has 0 spiro atoms. The number of aromatic nitrogens is 2. The first-order chi connectivity index (χ1) is 16.4. The largest absolute Gasteiger partial charge is 0.476 e. The van der Waals surface area contributed by atoms with E-state index in [2.05, 4.69) is 11.1 Å². The van der Waals surface area contributed by atoms with Crippen LogP contribution in [0.15, 0.2) is 60.0 Å². The van der Waals surface area contributed by atoms with Gasteiger partial charge in [0.25, 0.3) is 0 Å². The second kappa shape index (κ2) is 9.73. The van der Waals surface area contributed by atoms with Gasteiger partial charge >= 0.3 is 11.9 Å². The Balaban J connectivity index is 1.75. The van der Waals surface area contributed by atoms with Crippen LogP contribution in [0.3, 0.4) is 0 Å². The van der Waals surface area contributed by atoms with Crippen molar-refractivity contribution in [2.75, 3.05) is 0 Å². The highest BCUT2D eigenvalue weighted by Gasteiger charge is 2.26. The van der Waals surface area contributed by atoms with Crippen molar-refractivity contribution in [2.24, 2.45) is 0 Å². The third kappa shape index (κ3) is 4.60. The van der Waals surface area contributed by atoms with Crippen molar-refractivity contribution >= 4 is 23.3 Å². The molecule has 4 rings (SSSR count). The summed E-state index contributed by atoms with van der Waals surface area (Å²) >= 11 is 1.26. The Labute approximate surface area is 200 Å². The van der Waals surface area contributed by atoms with Crippen LogP contribution in [0.4, 0.5) is 0 Å². The lowest BCUT2D eigenvalue weighted by molar-refractivity contribution is 0.0472. The summed E-state index contributed by atoms with van der Waals surface area (Å²) in [7, 11) is 0. The van der Waals surface area contributed by atoms with E-state index in [1.54, 1.807) is 12.1 Å². The molecule has 0 bridgehead atoms. The van der Waals surface area contributed by atoms with Crippen LogP contribution in [0.5, 0.6) is 0 Å². The first kappa shape index (κ1) is 23.0. The highest BCUT2D eigenvalue weighted by molar-refractivity contribution is 7.09. The summed E-state index contributed by atoms with van der Waals surface area (Å²) in [6.45, 7) is 4.21. The van der Waals surface area contributed by atoms with Crippen molar-refractivity contribution in [2.45, 2.75) is 27.0 Å². The molecule has 34 heavy (non-hydrogen) atoms. The Kier molecular flexibility index (Phi) is 6.57. The molecule has 0 aliphatic rings. The van der Waals surface area contributed by atoms with Crippen molar-refractivity contribution in [3.8, 4) is 17.2 Å². The zero-order chi connectivity index (χ0) is 24.2. The number of nitriles is 1. The van der Waals surface area contributed by atoms with Crippen LogP contribution in [-0.2, 0) is 17.9 Å². The van der Waals surface area contributed by atoms with Gasteiger partial charge in [0.1, 0.15) is 11.6 Å². The van der Waals surface area contributed by atoms with Gasteiger partial charge in [0.15, 0.2) is 5.69 Å².